The fraction of sp³-hybridized carbons (Fsp3) is 0.467. The number of carbonyl (C=O) groups excluding carboxylic acids is 2. The Bertz CT molecular complexity index is 741. The average molecular weight is 349 g/mol. The zero-order chi connectivity index (χ0) is 17.1. The minimum Gasteiger partial charge on any atom is -0.366 e. The van der Waals surface area contributed by atoms with E-state index < -0.39 is 5.91 Å². The lowest BCUT2D eigenvalue weighted by atomic mass is 10.2. The normalized spacial score (nSPS) is 17.9. The highest BCUT2D eigenvalue weighted by Crippen LogP contribution is 2.23. The van der Waals surface area contributed by atoms with E-state index in [2.05, 4.69) is 22.1 Å². The smallest absolute Gasteiger partial charge is 0.264 e. The predicted molar refractivity (Wildman–Crippen MR) is 87.8 cm³/mol. The minimum absolute atomic E-state index is 0.134. The van der Waals surface area contributed by atoms with E-state index in [1.54, 1.807) is 10.3 Å². The molecule has 0 spiro atoms. The molecule has 0 unspecified atom stereocenters. The number of thiophene rings is 1. The summed E-state index contributed by atoms with van der Waals surface area (Å²) in [4.78, 5) is 30.4. The van der Waals surface area contributed by atoms with Crippen LogP contribution in [0.5, 0.6) is 0 Å². The molecule has 1 saturated heterocycles. The molecule has 2 aromatic heterocycles. The van der Waals surface area contributed by atoms with Crippen molar-refractivity contribution in [1.29, 1.82) is 0 Å². The number of aromatic nitrogens is 3. The van der Waals surface area contributed by atoms with Crippen molar-refractivity contribution in [2.75, 3.05) is 19.7 Å². The fourth-order valence-electron chi connectivity index (χ4n) is 2.53. The minimum atomic E-state index is -0.533. The molecule has 0 saturated carbocycles. The topological polar surface area (TPSA) is 114 Å². The molecule has 1 atom stereocenters. The van der Waals surface area contributed by atoms with Gasteiger partial charge in [-0.25, -0.2) is 4.98 Å². The molecule has 1 fully saturated rings. The molecule has 0 aromatic carbocycles. The van der Waals surface area contributed by atoms with Crippen molar-refractivity contribution in [3.8, 4) is 0 Å². The number of aromatic amines is 1. The van der Waals surface area contributed by atoms with E-state index in [0.717, 1.165) is 18.7 Å². The van der Waals surface area contributed by atoms with E-state index in [1.165, 1.54) is 17.4 Å². The third-order valence-corrected chi connectivity index (χ3v) is 4.69. The van der Waals surface area contributed by atoms with E-state index in [-0.39, 0.29) is 12.0 Å². The lowest BCUT2D eigenvalue weighted by Gasteiger charge is -2.31. The van der Waals surface area contributed by atoms with Crippen molar-refractivity contribution in [3.05, 3.63) is 33.5 Å². The van der Waals surface area contributed by atoms with Crippen LogP contribution in [0.15, 0.2) is 11.4 Å². The highest BCUT2D eigenvalue weighted by atomic mass is 32.1. The van der Waals surface area contributed by atoms with Gasteiger partial charge in [0, 0.05) is 18.3 Å². The van der Waals surface area contributed by atoms with Crippen LogP contribution < -0.4 is 5.73 Å². The molecular formula is C15H19N5O3S. The Morgan fingerprint density at radius 2 is 2.38 bits per heavy atom. The van der Waals surface area contributed by atoms with Crippen LogP contribution in [0.25, 0.3) is 0 Å². The van der Waals surface area contributed by atoms with Gasteiger partial charge in [0.25, 0.3) is 5.91 Å². The summed E-state index contributed by atoms with van der Waals surface area (Å²) >= 11 is 1.22. The van der Waals surface area contributed by atoms with Crippen LogP contribution >= 0.6 is 11.3 Å². The first-order chi connectivity index (χ1) is 11.6. The number of primary amides is 1. The van der Waals surface area contributed by atoms with Gasteiger partial charge in [-0.1, -0.05) is 6.92 Å². The van der Waals surface area contributed by atoms with E-state index >= 15 is 0 Å². The predicted octanol–water partition coefficient (Wildman–Crippen LogP) is 1.13. The van der Waals surface area contributed by atoms with Crippen molar-refractivity contribution in [1.82, 2.24) is 20.1 Å². The number of hydrogen-bond acceptors (Lipinski definition) is 6. The van der Waals surface area contributed by atoms with Gasteiger partial charge in [-0.05, 0) is 12.5 Å². The van der Waals surface area contributed by atoms with Crippen molar-refractivity contribution in [2.24, 2.45) is 5.73 Å². The molecule has 0 aliphatic carbocycles. The maximum absolute atomic E-state index is 12.6. The van der Waals surface area contributed by atoms with E-state index in [0.29, 0.717) is 36.0 Å². The van der Waals surface area contributed by atoms with Crippen LogP contribution in [0.4, 0.5) is 0 Å². The summed E-state index contributed by atoms with van der Waals surface area (Å²) in [5.41, 5.74) is 5.59. The number of nitrogens with one attached hydrogen (secondary N) is 1. The highest BCUT2D eigenvalue weighted by molar-refractivity contribution is 7.12. The van der Waals surface area contributed by atoms with Crippen molar-refractivity contribution in [2.45, 2.75) is 25.9 Å². The van der Waals surface area contributed by atoms with Crippen LogP contribution in [0.3, 0.4) is 0 Å². The van der Waals surface area contributed by atoms with Crippen molar-refractivity contribution >= 4 is 23.2 Å². The number of nitrogens with two attached hydrogens (primary N) is 1. The number of rotatable bonds is 5. The molecule has 0 radical (unpaired) electrons. The summed E-state index contributed by atoms with van der Waals surface area (Å²) in [7, 11) is 0. The Morgan fingerprint density at radius 1 is 1.54 bits per heavy atom. The summed E-state index contributed by atoms with van der Waals surface area (Å²) in [6.07, 6.45) is 1.46. The summed E-state index contributed by atoms with van der Waals surface area (Å²) < 4.78 is 5.71. The van der Waals surface area contributed by atoms with Gasteiger partial charge >= 0.3 is 0 Å². The van der Waals surface area contributed by atoms with Gasteiger partial charge < -0.3 is 15.4 Å². The first-order valence-electron chi connectivity index (χ1n) is 7.79. The molecule has 3 heterocycles. The fourth-order valence-corrected chi connectivity index (χ4v) is 3.39. The number of nitrogens with zero attached hydrogens (tertiary/aromatic N) is 3. The molecule has 2 aromatic rings. The molecule has 0 bridgehead atoms. The molecule has 128 valence electrons. The maximum atomic E-state index is 12.6. The summed E-state index contributed by atoms with van der Waals surface area (Å²) in [5, 5.41) is 8.69. The van der Waals surface area contributed by atoms with Gasteiger partial charge in [-0.2, -0.15) is 5.10 Å². The van der Waals surface area contributed by atoms with Gasteiger partial charge in [0.05, 0.1) is 23.6 Å². The molecule has 24 heavy (non-hydrogen) atoms. The van der Waals surface area contributed by atoms with E-state index in [1.807, 2.05) is 0 Å². The van der Waals surface area contributed by atoms with Crippen molar-refractivity contribution < 1.29 is 14.3 Å². The second-order valence-corrected chi connectivity index (χ2v) is 6.48. The van der Waals surface area contributed by atoms with Gasteiger partial charge in [-0.15, -0.1) is 11.3 Å². The number of carbonyl (C=O) groups is 2. The molecule has 3 rings (SSSR count). The van der Waals surface area contributed by atoms with Crippen LogP contribution in [-0.4, -0.2) is 51.6 Å². The third kappa shape index (κ3) is 3.46. The number of ether oxygens (including phenoxy) is 1. The second-order valence-electron chi connectivity index (χ2n) is 5.56. The van der Waals surface area contributed by atoms with Gasteiger partial charge in [0.1, 0.15) is 11.9 Å². The second kappa shape index (κ2) is 7.10. The lowest BCUT2D eigenvalue weighted by molar-refractivity contribution is -0.0265. The zero-order valence-corrected chi connectivity index (χ0v) is 14.1. The van der Waals surface area contributed by atoms with Crippen molar-refractivity contribution in [3.63, 3.8) is 0 Å². The SMILES string of the molecule is CCCc1nc([C@@H]2CN(C(=O)c3cc(C(N)=O)cs3)CCO2)n[nH]1. The van der Waals surface area contributed by atoms with Gasteiger partial charge in [-0.3, -0.25) is 14.7 Å². The largest absolute Gasteiger partial charge is 0.366 e. The summed E-state index contributed by atoms with van der Waals surface area (Å²) in [6, 6.07) is 1.53. The summed E-state index contributed by atoms with van der Waals surface area (Å²) in [5.74, 6) is 0.725. The standard InChI is InChI=1S/C15H19N5O3S/c1-2-3-12-17-14(19-18-12)10-7-20(4-5-23-10)15(22)11-6-9(8-24-11)13(16)21/h6,8,10H,2-5,7H2,1H3,(H2,16,21)(H,17,18,19)/t10-/m0/s1. The molecule has 2 amide bonds. The Morgan fingerprint density at radius 3 is 3.08 bits per heavy atom. The number of amides is 2. The monoisotopic (exact) mass is 349 g/mol. The Labute approximate surface area is 143 Å². The van der Waals surface area contributed by atoms with E-state index in [9.17, 15) is 9.59 Å². The molecule has 1 aliphatic heterocycles. The first kappa shape index (κ1) is 16.6. The number of aryl methyl sites for hydroxylation is 1. The Hall–Kier alpha value is -2.26. The van der Waals surface area contributed by atoms with Crippen LogP contribution in [0.2, 0.25) is 0 Å². The molecule has 1 aliphatic rings. The molecule has 8 nitrogen and oxygen atoms in total. The molecule has 3 N–H and O–H groups in total. The summed E-state index contributed by atoms with van der Waals surface area (Å²) in [6.45, 7) is 3.36. The van der Waals surface area contributed by atoms with Crippen LogP contribution in [0, 0.1) is 0 Å². The molecule has 9 heteroatoms. The van der Waals surface area contributed by atoms with Crippen LogP contribution in [-0.2, 0) is 11.2 Å². The third-order valence-electron chi connectivity index (χ3n) is 3.77. The van der Waals surface area contributed by atoms with Gasteiger partial charge in [0.2, 0.25) is 5.91 Å². The maximum Gasteiger partial charge on any atom is 0.264 e. The number of H-pyrrole nitrogens is 1. The highest BCUT2D eigenvalue weighted by Gasteiger charge is 2.29. The van der Waals surface area contributed by atoms with Gasteiger partial charge in [0.15, 0.2) is 5.82 Å². The average Bonchev–Trinajstić information content (AvgIpc) is 3.24. The zero-order valence-electron chi connectivity index (χ0n) is 13.3. The molecular weight excluding hydrogens is 330 g/mol. The van der Waals surface area contributed by atoms with E-state index in [4.69, 9.17) is 10.5 Å². The van der Waals surface area contributed by atoms with Crippen LogP contribution in [0.1, 0.15) is 51.1 Å². The Kier molecular flexibility index (Phi) is 4.91. The lowest BCUT2D eigenvalue weighted by Crippen LogP contribution is -2.42. The number of morpholine rings is 1. The first-order valence-corrected chi connectivity index (χ1v) is 8.66. The quantitative estimate of drug-likeness (QED) is 0.840. The number of hydrogen-bond donors (Lipinski definition) is 2. The Balaban J connectivity index is 1.69.